The summed E-state index contributed by atoms with van der Waals surface area (Å²) >= 11 is 0. The van der Waals surface area contributed by atoms with Gasteiger partial charge in [-0.3, -0.25) is 4.79 Å². The largest absolute Gasteiger partial charge is 0.493 e. The van der Waals surface area contributed by atoms with Crippen molar-refractivity contribution in [3.05, 3.63) is 35.1 Å². The van der Waals surface area contributed by atoms with Crippen LogP contribution in [0.5, 0.6) is 11.5 Å². The number of rotatable bonds is 20. The highest BCUT2D eigenvalue weighted by Gasteiger charge is 2.72. The number of ether oxygens (including phenoxy) is 4. The number of likely N-dealkylation sites (N-methyl/N-ethyl adjacent to an activating group) is 1. The maximum Gasteiger partial charge on any atom is 0.352 e. The van der Waals surface area contributed by atoms with Gasteiger partial charge in [0.25, 0.3) is 0 Å². The summed E-state index contributed by atoms with van der Waals surface area (Å²) in [4.78, 5) is 28.0. The van der Waals surface area contributed by atoms with Crippen LogP contribution in [0.3, 0.4) is 0 Å². The van der Waals surface area contributed by atoms with Crippen LogP contribution >= 0.6 is 0 Å². The van der Waals surface area contributed by atoms with Crippen molar-refractivity contribution >= 4 is 11.9 Å². The minimum atomic E-state index is -1.07. The molecule has 8 heteroatoms. The summed E-state index contributed by atoms with van der Waals surface area (Å²) in [5, 5.41) is 12.3. The summed E-state index contributed by atoms with van der Waals surface area (Å²) < 4.78 is 23.6. The average molecular weight is 654 g/mol. The number of hydrogen-bond acceptors (Lipinski definition) is 8. The van der Waals surface area contributed by atoms with Gasteiger partial charge in [-0.2, -0.15) is 0 Å². The Morgan fingerprint density at radius 3 is 2.21 bits per heavy atom. The number of likely N-dealkylation sites (tertiary alicyclic amines) is 1. The molecule has 8 nitrogen and oxygen atoms in total. The Morgan fingerprint density at radius 2 is 1.60 bits per heavy atom. The van der Waals surface area contributed by atoms with Crippen molar-refractivity contribution in [1.29, 1.82) is 0 Å². The number of aliphatic hydroxyl groups is 1. The molecule has 5 rings (SSSR count). The molecule has 0 saturated carbocycles. The number of piperidine rings is 1. The number of nitrogens with zero attached hydrogens (tertiary/aromatic N) is 1. The summed E-state index contributed by atoms with van der Waals surface area (Å²) in [6.07, 6.45) is 21.1. The zero-order valence-electron chi connectivity index (χ0n) is 29.5. The Kier molecular flexibility index (Phi) is 12.3. The van der Waals surface area contributed by atoms with Gasteiger partial charge in [0.1, 0.15) is 5.76 Å². The lowest BCUT2D eigenvalue weighted by Gasteiger charge is -2.61. The highest BCUT2D eigenvalue weighted by atomic mass is 16.6. The summed E-state index contributed by atoms with van der Waals surface area (Å²) in [5.74, 6) is 0.607. The molecule has 0 amide bonds. The van der Waals surface area contributed by atoms with E-state index in [4.69, 9.17) is 18.9 Å². The SMILES string of the molecule is CCCCCCCCCCCCCCCCCC(=O)O[C@@H](C)C(=O)OC1=CC[C@@]2(O)[C@@H]3Cc4ccc(OC)c5c4[C@@]2(CCN3C)[C@H]1O5. The lowest BCUT2D eigenvalue weighted by atomic mass is 9.50. The van der Waals surface area contributed by atoms with Gasteiger partial charge in [-0.1, -0.05) is 103 Å². The number of carbonyl (C=O) groups excluding carboxylic acids is 2. The molecule has 2 aliphatic heterocycles. The molecule has 1 N–H and O–H groups in total. The van der Waals surface area contributed by atoms with E-state index in [0.29, 0.717) is 42.9 Å². The Balaban J connectivity index is 1.03. The topological polar surface area (TPSA) is 94.5 Å². The van der Waals surface area contributed by atoms with Crippen molar-refractivity contribution in [2.75, 3.05) is 20.7 Å². The molecule has 1 saturated heterocycles. The van der Waals surface area contributed by atoms with Crippen LogP contribution in [-0.4, -0.2) is 66.5 Å². The first kappa shape index (κ1) is 35.7. The van der Waals surface area contributed by atoms with Crippen LogP contribution in [0.4, 0.5) is 0 Å². The van der Waals surface area contributed by atoms with Crippen molar-refractivity contribution in [3.63, 3.8) is 0 Å². The van der Waals surface area contributed by atoms with Crippen LogP contribution in [0.1, 0.15) is 141 Å². The molecule has 4 aliphatic rings. The van der Waals surface area contributed by atoms with Gasteiger partial charge in [-0.15, -0.1) is 0 Å². The molecule has 1 aromatic carbocycles. The zero-order chi connectivity index (χ0) is 33.4. The zero-order valence-corrected chi connectivity index (χ0v) is 29.5. The van der Waals surface area contributed by atoms with Gasteiger partial charge in [0.2, 0.25) is 0 Å². The Bertz CT molecular complexity index is 1260. The Labute approximate surface area is 282 Å². The molecule has 47 heavy (non-hydrogen) atoms. The molecule has 0 radical (unpaired) electrons. The highest BCUT2D eigenvalue weighted by Crippen LogP contribution is 2.65. The minimum absolute atomic E-state index is 0.0812. The third-order valence-electron chi connectivity index (χ3n) is 11.4. The molecule has 5 atom stereocenters. The molecule has 1 fully saturated rings. The van der Waals surface area contributed by atoms with Crippen LogP contribution in [-0.2, 0) is 30.9 Å². The van der Waals surface area contributed by atoms with E-state index >= 15 is 0 Å². The second kappa shape index (κ2) is 16.2. The second-order valence-corrected chi connectivity index (χ2v) is 14.5. The van der Waals surface area contributed by atoms with E-state index in [0.717, 1.165) is 36.9 Å². The van der Waals surface area contributed by atoms with Crippen molar-refractivity contribution in [3.8, 4) is 11.5 Å². The van der Waals surface area contributed by atoms with E-state index in [9.17, 15) is 14.7 Å². The normalized spacial score (nSPS) is 26.2. The third kappa shape index (κ3) is 7.39. The van der Waals surface area contributed by atoms with Crippen LogP contribution in [0.15, 0.2) is 24.0 Å². The number of benzene rings is 1. The lowest BCUT2D eigenvalue weighted by molar-refractivity contribution is -0.175. The van der Waals surface area contributed by atoms with E-state index in [1.807, 2.05) is 6.07 Å². The number of unbranched alkanes of at least 4 members (excludes halogenated alkanes) is 14. The summed E-state index contributed by atoms with van der Waals surface area (Å²) in [6.45, 7) is 4.61. The number of hydrogen-bond donors (Lipinski definition) is 1. The highest BCUT2D eigenvalue weighted by molar-refractivity contribution is 5.80. The van der Waals surface area contributed by atoms with Gasteiger partial charge in [-0.25, -0.2) is 4.79 Å². The first-order valence-corrected chi connectivity index (χ1v) is 18.7. The smallest absolute Gasteiger partial charge is 0.352 e. The van der Waals surface area contributed by atoms with Crippen molar-refractivity contribution in [2.45, 2.75) is 165 Å². The maximum absolute atomic E-state index is 13.2. The summed E-state index contributed by atoms with van der Waals surface area (Å²) in [5.41, 5.74) is 0.298. The molecule has 2 aliphatic carbocycles. The maximum atomic E-state index is 13.2. The molecule has 262 valence electrons. The molecule has 0 aromatic heterocycles. The van der Waals surface area contributed by atoms with Crippen LogP contribution in [0.2, 0.25) is 0 Å². The molecule has 2 bridgehead atoms. The molecule has 0 unspecified atom stereocenters. The second-order valence-electron chi connectivity index (χ2n) is 14.5. The fourth-order valence-corrected chi connectivity index (χ4v) is 8.73. The fourth-order valence-electron chi connectivity index (χ4n) is 8.73. The minimum Gasteiger partial charge on any atom is -0.493 e. The van der Waals surface area contributed by atoms with Crippen LogP contribution in [0, 0.1) is 0 Å². The molecule has 1 spiro atoms. The predicted octanol–water partition coefficient (Wildman–Crippen LogP) is 7.71. The third-order valence-corrected chi connectivity index (χ3v) is 11.4. The van der Waals surface area contributed by atoms with E-state index in [1.54, 1.807) is 20.1 Å². The van der Waals surface area contributed by atoms with Crippen molar-refractivity contribution in [1.82, 2.24) is 4.90 Å². The van der Waals surface area contributed by atoms with Gasteiger partial charge in [0, 0.05) is 24.4 Å². The fraction of sp³-hybridized carbons (Fsp3) is 0.744. The first-order chi connectivity index (χ1) is 22.8. The monoisotopic (exact) mass is 653 g/mol. The quantitative estimate of drug-likeness (QED) is 0.113. The molecular weight excluding hydrogens is 594 g/mol. The predicted molar refractivity (Wildman–Crippen MR) is 183 cm³/mol. The number of carbonyl (C=O) groups is 2. The molecule has 2 heterocycles. The molecular formula is C39H59NO7. The van der Waals surface area contributed by atoms with E-state index in [1.165, 1.54) is 77.0 Å². The standard InChI is InChI=1S/C39H59NO7/c1-5-6-7-8-9-10-11-12-13-14-15-16-17-18-19-20-33(41)45-28(2)37(42)46-31-23-24-39(43)32-27-29-21-22-30(44-4)35-34(29)38(39,36(31)47-35)25-26-40(32)3/h21-23,28,32,36,43H,5-20,24-27H2,1-4H3/t28-,32-,36-,38-,39+/m0/s1. The van der Waals surface area contributed by atoms with Gasteiger partial charge in [0.05, 0.1) is 18.1 Å². The van der Waals surface area contributed by atoms with Gasteiger partial charge < -0.3 is 29.0 Å². The van der Waals surface area contributed by atoms with Gasteiger partial charge >= 0.3 is 11.9 Å². The van der Waals surface area contributed by atoms with Gasteiger partial charge in [0.15, 0.2) is 23.7 Å². The van der Waals surface area contributed by atoms with E-state index < -0.39 is 29.2 Å². The lowest BCUT2D eigenvalue weighted by Crippen LogP contribution is -2.74. The van der Waals surface area contributed by atoms with Gasteiger partial charge in [-0.05, 0) is 57.5 Å². The van der Waals surface area contributed by atoms with E-state index in [2.05, 4.69) is 24.9 Å². The number of methoxy groups -OCH3 is 1. The van der Waals surface area contributed by atoms with Crippen LogP contribution in [0.25, 0.3) is 0 Å². The Morgan fingerprint density at radius 1 is 0.979 bits per heavy atom. The first-order valence-electron chi connectivity index (χ1n) is 18.7. The molecule has 1 aromatic rings. The van der Waals surface area contributed by atoms with E-state index in [-0.39, 0.29) is 12.0 Å². The summed E-state index contributed by atoms with van der Waals surface area (Å²) in [7, 11) is 3.67. The average Bonchev–Trinajstić information content (AvgIpc) is 3.42. The Hall–Kier alpha value is -2.58. The van der Waals surface area contributed by atoms with Crippen LogP contribution < -0.4 is 9.47 Å². The van der Waals surface area contributed by atoms with Crippen molar-refractivity contribution < 1.29 is 33.6 Å². The number of esters is 2. The summed E-state index contributed by atoms with van der Waals surface area (Å²) in [6, 6.07) is 3.90. The van der Waals surface area contributed by atoms with Crippen molar-refractivity contribution in [2.24, 2.45) is 0 Å².